The molecule has 1 atom stereocenters. The largest absolute Gasteiger partial charge is 0.310 e. The lowest BCUT2D eigenvalue weighted by molar-refractivity contribution is 0.794. The Kier molecular flexibility index (Phi) is 8.11. The molecule has 2 nitrogen and oxygen atoms in total. The van der Waals surface area contributed by atoms with Gasteiger partial charge in [-0.05, 0) is 116 Å². The van der Waals surface area contributed by atoms with Crippen LogP contribution in [0.4, 0.5) is 34.1 Å². The van der Waals surface area contributed by atoms with Crippen LogP contribution in [0, 0.1) is 0 Å². The quantitative estimate of drug-likeness (QED) is 0.159. The van der Waals surface area contributed by atoms with Gasteiger partial charge in [0.05, 0.1) is 16.8 Å². The van der Waals surface area contributed by atoms with Crippen LogP contribution in [0.2, 0.25) is 0 Å². The van der Waals surface area contributed by atoms with E-state index in [1.165, 1.54) is 66.4 Å². The van der Waals surface area contributed by atoms with Crippen molar-refractivity contribution in [2.45, 2.75) is 5.41 Å². The Morgan fingerprint density at radius 2 is 0.721 bits per heavy atom. The van der Waals surface area contributed by atoms with Crippen molar-refractivity contribution in [1.82, 2.24) is 0 Å². The first-order valence-corrected chi connectivity index (χ1v) is 21.1. The standard InChI is InChI=1S/C59H40N2/c1-5-21-41(22-6-1)46-29-17-20-36-56(46)61(44-27-11-4-12-28-44)45-37-38-48-47-30-15-18-34-52(47)59(54(48)39-45)53-35-19-16-33-51(53)58-50-32-14-13-31-49(50)57(40-55(58)59)60(42-23-7-2-8-24-42)43-25-9-3-10-26-43/h1-40H. The minimum Gasteiger partial charge on any atom is -0.310 e. The smallest absolute Gasteiger partial charge is 0.0727 e. The Bertz CT molecular complexity index is 3210. The van der Waals surface area contributed by atoms with Crippen molar-refractivity contribution in [3.05, 3.63) is 265 Å². The molecule has 0 aromatic heterocycles. The van der Waals surface area contributed by atoms with Crippen molar-refractivity contribution < 1.29 is 0 Å². The zero-order chi connectivity index (χ0) is 40.3. The van der Waals surface area contributed by atoms with E-state index in [0.717, 1.165) is 34.1 Å². The first kappa shape index (κ1) is 35.0. The van der Waals surface area contributed by atoms with Gasteiger partial charge in [0.25, 0.3) is 0 Å². The lowest BCUT2D eigenvalue weighted by atomic mass is 9.70. The first-order valence-electron chi connectivity index (χ1n) is 21.1. The maximum atomic E-state index is 2.52. The fourth-order valence-electron chi connectivity index (χ4n) is 10.4. The van der Waals surface area contributed by atoms with Gasteiger partial charge >= 0.3 is 0 Å². The number of rotatable bonds is 7. The summed E-state index contributed by atoms with van der Waals surface area (Å²) in [6.45, 7) is 0. The summed E-state index contributed by atoms with van der Waals surface area (Å²) in [5.74, 6) is 0. The number of hydrogen-bond donors (Lipinski definition) is 0. The normalized spacial score (nSPS) is 14.3. The predicted octanol–water partition coefficient (Wildman–Crippen LogP) is 15.8. The lowest BCUT2D eigenvalue weighted by Crippen LogP contribution is -2.26. The minimum atomic E-state index is -0.590. The van der Waals surface area contributed by atoms with E-state index in [1.807, 2.05) is 0 Å². The Balaban J connectivity index is 1.18. The summed E-state index contributed by atoms with van der Waals surface area (Å²) in [7, 11) is 0. The van der Waals surface area contributed by atoms with Crippen LogP contribution < -0.4 is 9.80 Å². The molecule has 1 spiro atoms. The van der Waals surface area contributed by atoms with E-state index in [0.29, 0.717) is 0 Å². The van der Waals surface area contributed by atoms with Gasteiger partial charge in [-0.3, -0.25) is 0 Å². The number of hydrogen-bond acceptors (Lipinski definition) is 2. The maximum absolute atomic E-state index is 2.52. The van der Waals surface area contributed by atoms with Gasteiger partial charge in [0.2, 0.25) is 0 Å². The molecule has 0 fully saturated rings. The van der Waals surface area contributed by atoms with Crippen LogP contribution in [0.3, 0.4) is 0 Å². The van der Waals surface area contributed by atoms with Crippen LogP contribution >= 0.6 is 0 Å². The van der Waals surface area contributed by atoms with Crippen LogP contribution in [0.1, 0.15) is 22.3 Å². The molecular weight excluding hydrogens is 737 g/mol. The number of fused-ring (bicyclic) bond motifs is 12. The molecule has 0 radical (unpaired) electrons. The van der Waals surface area contributed by atoms with Crippen molar-refractivity contribution in [2.24, 2.45) is 0 Å². The van der Waals surface area contributed by atoms with Gasteiger partial charge in [-0.25, -0.2) is 0 Å². The monoisotopic (exact) mass is 776 g/mol. The molecule has 0 aliphatic heterocycles. The topological polar surface area (TPSA) is 6.48 Å². The third kappa shape index (κ3) is 5.29. The summed E-state index contributed by atoms with van der Waals surface area (Å²) < 4.78 is 0. The van der Waals surface area contributed by atoms with Crippen molar-refractivity contribution in [3.8, 4) is 33.4 Å². The second-order valence-corrected chi connectivity index (χ2v) is 16.0. The van der Waals surface area contributed by atoms with E-state index in [2.05, 4.69) is 252 Å². The van der Waals surface area contributed by atoms with E-state index in [9.17, 15) is 0 Å². The Morgan fingerprint density at radius 1 is 0.262 bits per heavy atom. The van der Waals surface area contributed by atoms with Crippen molar-refractivity contribution in [1.29, 1.82) is 0 Å². The van der Waals surface area contributed by atoms with Gasteiger partial charge in [-0.2, -0.15) is 0 Å². The number of para-hydroxylation sites is 4. The lowest BCUT2D eigenvalue weighted by Gasteiger charge is -2.34. The van der Waals surface area contributed by atoms with Gasteiger partial charge in [0.15, 0.2) is 0 Å². The molecule has 0 amide bonds. The molecular formula is C59H40N2. The fourth-order valence-corrected chi connectivity index (χ4v) is 10.4. The number of nitrogens with zero attached hydrogens (tertiary/aromatic N) is 2. The van der Waals surface area contributed by atoms with E-state index >= 15 is 0 Å². The molecule has 0 N–H and O–H groups in total. The van der Waals surface area contributed by atoms with E-state index < -0.39 is 5.41 Å². The molecule has 0 saturated carbocycles. The molecule has 0 saturated heterocycles. The van der Waals surface area contributed by atoms with Crippen LogP contribution in [0.5, 0.6) is 0 Å². The molecule has 2 aliphatic carbocycles. The zero-order valence-electron chi connectivity index (χ0n) is 33.5. The molecule has 2 heteroatoms. The first-order chi connectivity index (χ1) is 30.3. The Hall–Kier alpha value is -7.94. The summed E-state index contributed by atoms with van der Waals surface area (Å²) in [5.41, 5.74) is 18.9. The number of benzene rings is 10. The Labute approximate surface area is 356 Å². The summed E-state index contributed by atoms with van der Waals surface area (Å²) in [6, 6.07) is 89.0. The van der Waals surface area contributed by atoms with E-state index in [4.69, 9.17) is 0 Å². The molecule has 2 aliphatic rings. The SMILES string of the molecule is c1ccc(-c2ccccc2N(c2ccccc2)c2ccc3c(c2)C2(c4ccccc4-3)c3ccccc3-c3c2cc(N(c2ccccc2)c2ccccc2)c2ccccc32)cc1. The highest BCUT2D eigenvalue weighted by atomic mass is 15.2. The highest BCUT2D eigenvalue weighted by Crippen LogP contribution is 2.65. The number of anilines is 6. The van der Waals surface area contributed by atoms with Crippen molar-refractivity contribution in [2.75, 3.05) is 9.80 Å². The second-order valence-electron chi connectivity index (χ2n) is 16.0. The van der Waals surface area contributed by atoms with Gasteiger partial charge in [-0.15, -0.1) is 0 Å². The summed E-state index contributed by atoms with van der Waals surface area (Å²) in [4.78, 5) is 4.88. The van der Waals surface area contributed by atoms with Crippen molar-refractivity contribution in [3.63, 3.8) is 0 Å². The minimum absolute atomic E-state index is 0.590. The molecule has 1 unspecified atom stereocenters. The fraction of sp³-hybridized carbons (Fsp3) is 0.0169. The molecule has 0 bridgehead atoms. The van der Waals surface area contributed by atoms with Gasteiger partial charge in [-0.1, -0.05) is 182 Å². The van der Waals surface area contributed by atoms with Gasteiger partial charge in [0, 0.05) is 33.7 Å². The summed E-state index contributed by atoms with van der Waals surface area (Å²) >= 11 is 0. The van der Waals surface area contributed by atoms with Gasteiger partial charge in [0.1, 0.15) is 0 Å². The molecule has 0 heterocycles. The predicted molar refractivity (Wildman–Crippen MR) is 255 cm³/mol. The third-order valence-electron chi connectivity index (χ3n) is 12.8. The highest BCUT2D eigenvalue weighted by molar-refractivity contribution is 6.12. The molecule has 10 aromatic carbocycles. The zero-order valence-corrected chi connectivity index (χ0v) is 33.5. The summed E-state index contributed by atoms with van der Waals surface area (Å²) in [5, 5.41) is 2.47. The average molecular weight is 777 g/mol. The van der Waals surface area contributed by atoms with Crippen LogP contribution in [0.15, 0.2) is 243 Å². The molecule has 10 aromatic rings. The Morgan fingerprint density at radius 3 is 1.36 bits per heavy atom. The maximum Gasteiger partial charge on any atom is 0.0727 e. The highest BCUT2D eigenvalue weighted by Gasteiger charge is 2.52. The molecule has 12 rings (SSSR count). The van der Waals surface area contributed by atoms with E-state index in [-0.39, 0.29) is 0 Å². The van der Waals surface area contributed by atoms with Crippen LogP contribution in [0.25, 0.3) is 44.2 Å². The average Bonchev–Trinajstić information content (AvgIpc) is 3.80. The van der Waals surface area contributed by atoms with Crippen LogP contribution in [-0.4, -0.2) is 0 Å². The molecule has 61 heavy (non-hydrogen) atoms. The van der Waals surface area contributed by atoms with Crippen LogP contribution in [-0.2, 0) is 5.41 Å². The van der Waals surface area contributed by atoms with Gasteiger partial charge < -0.3 is 9.80 Å². The summed E-state index contributed by atoms with van der Waals surface area (Å²) in [6.07, 6.45) is 0. The molecule has 286 valence electrons. The second kappa shape index (κ2) is 14.1. The van der Waals surface area contributed by atoms with Crippen molar-refractivity contribution >= 4 is 44.9 Å². The van der Waals surface area contributed by atoms with E-state index in [1.54, 1.807) is 0 Å². The third-order valence-corrected chi connectivity index (χ3v) is 12.8.